The standard InChI is InChI=1S/C17H17N3OS/c1-12-9-15(20-17(22-3)19-11-18)16(21-2)10-14(12)13-7-5-4-6-8-13/h4-10H,1-3H3,(H,19,20). The Morgan fingerprint density at radius 2 is 2.00 bits per heavy atom. The van der Waals surface area contributed by atoms with E-state index in [0.29, 0.717) is 16.6 Å². The molecular weight excluding hydrogens is 294 g/mol. The molecule has 0 saturated heterocycles. The number of nitrogens with one attached hydrogen (secondary N) is 1. The van der Waals surface area contributed by atoms with Crippen LogP contribution in [0.2, 0.25) is 0 Å². The first kappa shape index (κ1) is 15.9. The van der Waals surface area contributed by atoms with Crippen LogP contribution in [0.4, 0.5) is 5.69 Å². The number of nitrogens with zero attached hydrogens (tertiary/aromatic N) is 2. The molecule has 2 aromatic carbocycles. The van der Waals surface area contributed by atoms with E-state index >= 15 is 0 Å². The van der Waals surface area contributed by atoms with Gasteiger partial charge in [-0.2, -0.15) is 5.26 Å². The highest BCUT2D eigenvalue weighted by molar-refractivity contribution is 8.13. The summed E-state index contributed by atoms with van der Waals surface area (Å²) in [6.07, 6.45) is 3.75. The first-order valence-electron chi connectivity index (χ1n) is 6.71. The molecule has 0 aliphatic carbocycles. The second-order valence-electron chi connectivity index (χ2n) is 4.56. The molecule has 0 radical (unpaired) electrons. The summed E-state index contributed by atoms with van der Waals surface area (Å²) in [6, 6.07) is 14.1. The van der Waals surface area contributed by atoms with Gasteiger partial charge in [0.1, 0.15) is 11.4 Å². The van der Waals surface area contributed by atoms with Gasteiger partial charge in [0, 0.05) is 0 Å². The van der Waals surface area contributed by atoms with E-state index in [9.17, 15) is 0 Å². The van der Waals surface area contributed by atoms with Gasteiger partial charge in [0.15, 0.2) is 11.4 Å². The molecule has 0 aliphatic rings. The maximum atomic E-state index is 8.73. The molecule has 0 aliphatic heterocycles. The third-order valence-electron chi connectivity index (χ3n) is 3.19. The van der Waals surface area contributed by atoms with Gasteiger partial charge >= 0.3 is 0 Å². The maximum Gasteiger partial charge on any atom is 0.183 e. The van der Waals surface area contributed by atoms with Crippen LogP contribution in [0.3, 0.4) is 0 Å². The van der Waals surface area contributed by atoms with Crippen molar-refractivity contribution in [2.75, 3.05) is 13.4 Å². The molecule has 0 saturated carbocycles. The molecule has 2 aromatic rings. The van der Waals surface area contributed by atoms with Crippen molar-refractivity contribution >= 4 is 22.6 Å². The van der Waals surface area contributed by atoms with Gasteiger partial charge < -0.3 is 4.74 Å². The molecule has 0 atom stereocenters. The highest BCUT2D eigenvalue weighted by Crippen LogP contribution is 2.36. The fourth-order valence-electron chi connectivity index (χ4n) is 2.13. The number of ether oxygens (including phenoxy) is 1. The molecule has 112 valence electrons. The Bertz CT molecular complexity index is 721. The SMILES string of the molecule is COc1cc(-c2ccccc2)c(C)cc1N=C(NC#N)SC. The Labute approximate surface area is 134 Å². The lowest BCUT2D eigenvalue weighted by Crippen LogP contribution is -2.12. The molecule has 0 aromatic heterocycles. The number of hydrogen-bond acceptors (Lipinski definition) is 4. The van der Waals surface area contributed by atoms with Gasteiger partial charge in [-0.1, -0.05) is 42.1 Å². The molecule has 2 rings (SSSR count). The zero-order chi connectivity index (χ0) is 15.9. The molecule has 4 nitrogen and oxygen atoms in total. The van der Waals surface area contributed by atoms with Gasteiger partial charge in [-0.3, -0.25) is 5.32 Å². The second kappa shape index (κ2) is 7.53. The Morgan fingerprint density at radius 1 is 1.27 bits per heavy atom. The summed E-state index contributed by atoms with van der Waals surface area (Å²) >= 11 is 1.38. The highest BCUT2D eigenvalue weighted by atomic mass is 32.2. The zero-order valence-corrected chi connectivity index (χ0v) is 13.6. The van der Waals surface area contributed by atoms with E-state index in [2.05, 4.69) is 22.4 Å². The lowest BCUT2D eigenvalue weighted by molar-refractivity contribution is 0.416. The van der Waals surface area contributed by atoms with Crippen molar-refractivity contribution in [1.82, 2.24) is 5.32 Å². The summed E-state index contributed by atoms with van der Waals surface area (Å²) in [5, 5.41) is 11.8. The van der Waals surface area contributed by atoms with Crippen LogP contribution in [0.15, 0.2) is 47.5 Å². The summed E-state index contributed by atoms with van der Waals surface area (Å²) in [4.78, 5) is 4.45. The number of aryl methyl sites for hydroxylation is 1. The van der Waals surface area contributed by atoms with Crippen LogP contribution in [-0.4, -0.2) is 18.5 Å². The number of aliphatic imine (C=N–C) groups is 1. The molecule has 0 heterocycles. The average Bonchev–Trinajstić information content (AvgIpc) is 2.55. The molecule has 0 bridgehead atoms. The predicted octanol–water partition coefficient (Wildman–Crippen LogP) is 4.09. The quantitative estimate of drug-likeness (QED) is 0.401. The third kappa shape index (κ3) is 3.60. The predicted molar refractivity (Wildman–Crippen MR) is 92.5 cm³/mol. The van der Waals surface area contributed by atoms with E-state index in [1.54, 1.807) is 7.11 Å². The maximum absolute atomic E-state index is 8.73. The van der Waals surface area contributed by atoms with E-state index in [1.165, 1.54) is 11.8 Å². The summed E-state index contributed by atoms with van der Waals surface area (Å²) in [6.45, 7) is 2.04. The van der Waals surface area contributed by atoms with Gasteiger partial charge in [0.2, 0.25) is 0 Å². The molecule has 0 unspecified atom stereocenters. The van der Waals surface area contributed by atoms with Crippen molar-refractivity contribution in [3.8, 4) is 23.1 Å². The van der Waals surface area contributed by atoms with Crippen LogP contribution in [0.25, 0.3) is 11.1 Å². The van der Waals surface area contributed by atoms with Crippen LogP contribution >= 0.6 is 11.8 Å². The van der Waals surface area contributed by atoms with E-state index in [1.807, 2.05) is 49.7 Å². The van der Waals surface area contributed by atoms with Crippen LogP contribution < -0.4 is 10.1 Å². The first-order chi connectivity index (χ1) is 10.7. The topological polar surface area (TPSA) is 57.4 Å². The lowest BCUT2D eigenvalue weighted by Gasteiger charge is -2.12. The first-order valence-corrected chi connectivity index (χ1v) is 7.94. The van der Waals surface area contributed by atoms with Crippen molar-refractivity contribution in [2.45, 2.75) is 6.92 Å². The minimum Gasteiger partial charge on any atom is -0.494 e. The number of thioether (sulfide) groups is 1. The Hall–Kier alpha value is -2.45. The van der Waals surface area contributed by atoms with E-state index < -0.39 is 0 Å². The summed E-state index contributed by atoms with van der Waals surface area (Å²) in [5.74, 6) is 0.677. The minimum absolute atomic E-state index is 0.535. The van der Waals surface area contributed by atoms with E-state index in [0.717, 1.165) is 16.7 Å². The van der Waals surface area contributed by atoms with Crippen LogP contribution in [0.5, 0.6) is 5.75 Å². The zero-order valence-electron chi connectivity index (χ0n) is 12.8. The summed E-state index contributed by atoms with van der Waals surface area (Å²) in [5.41, 5.74) is 4.04. The molecule has 22 heavy (non-hydrogen) atoms. The molecule has 0 fully saturated rings. The minimum atomic E-state index is 0.535. The number of rotatable bonds is 3. The van der Waals surface area contributed by atoms with E-state index in [4.69, 9.17) is 10.00 Å². The number of hydrogen-bond donors (Lipinski definition) is 1. The molecular formula is C17H17N3OS. The number of benzene rings is 2. The van der Waals surface area contributed by atoms with Gasteiger partial charge in [0.25, 0.3) is 0 Å². The fraction of sp³-hybridized carbons (Fsp3) is 0.176. The Balaban J connectivity index is 2.51. The monoisotopic (exact) mass is 311 g/mol. The molecule has 0 amide bonds. The van der Waals surface area contributed by atoms with Crippen molar-refractivity contribution in [3.63, 3.8) is 0 Å². The summed E-state index contributed by atoms with van der Waals surface area (Å²) in [7, 11) is 1.62. The number of amidine groups is 1. The van der Waals surface area contributed by atoms with Gasteiger partial charge in [-0.25, -0.2) is 4.99 Å². The van der Waals surface area contributed by atoms with Crippen molar-refractivity contribution in [1.29, 1.82) is 5.26 Å². The van der Waals surface area contributed by atoms with Crippen LogP contribution in [-0.2, 0) is 0 Å². The van der Waals surface area contributed by atoms with Gasteiger partial charge in [0.05, 0.1) is 7.11 Å². The molecule has 1 N–H and O–H groups in total. The van der Waals surface area contributed by atoms with Crippen molar-refractivity contribution in [2.24, 2.45) is 4.99 Å². The fourth-order valence-corrected chi connectivity index (χ4v) is 2.47. The molecule has 5 heteroatoms. The van der Waals surface area contributed by atoms with Crippen LogP contribution in [0, 0.1) is 18.4 Å². The van der Waals surface area contributed by atoms with Gasteiger partial charge in [-0.05, 0) is 42.0 Å². The third-order valence-corrected chi connectivity index (χ3v) is 3.77. The normalized spacial score (nSPS) is 10.9. The second-order valence-corrected chi connectivity index (χ2v) is 5.36. The molecule has 0 spiro atoms. The Morgan fingerprint density at radius 3 is 2.59 bits per heavy atom. The largest absolute Gasteiger partial charge is 0.494 e. The number of methoxy groups -OCH3 is 1. The van der Waals surface area contributed by atoms with Crippen molar-refractivity contribution in [3.05, 3.63) is 48.0 Å². The average molecular weight is 311 g/mol. The van der Waals surface area contributed by atoms with Gasteiger partial charge in [-0.15, -0.1) is 0 Å². The lowest BCUT2D eigenvalue weighted by atomic mass is 9.99. The summed E-state index contributed by atoms with van der Waals surface area (Å²) < 4.78 is 5.46. The van der Waals surface area contributed by atoms with Crippen molar-refractivity contribution < 1.29 is 4.74 Å². The van der Waals surface area contributed by atoms with Crippen LogP contribution in [0.1, 0.15) is 5.56 Å². The van der Waals surface area contributed by atoms with E-state index in [-0.39, 0.29) is 0 Å². The number of nitriles is 1. The Kier molecular flexibility index (Phi) is 5.45. The smallest absolute Gasteiger partial charge is 0.183 e. The highest BCUT2D eigenvalue weighted by Gasteiger charge is 2.10.